The molecule has 0 aliphatic rings. The number of benzene rings is 2. The van der Waals surface area contributed by atoms with Crippen molar-refractivity contribution in [2.75, 3.05) is 4.72 Å². The standard InChI is InChI=1S/C20H18N4O3S/c1-15-8-10-18(11-9-15)28(26,27)22-17-6-4-5-16(13-17)14-24-20(25)23-12-3-2-7-19(23)21-24/h2-13,22H,14H2,1H3. The quantitative estimate of drug-likeness (QED) is 0.564. The molecule has 0 atom stereocenters. The summed E-state index contributed by atoms with van der Waals surface area (Å²) < 4.78 is 30.5. The topological polar surface area (TPSA) is 85.5 Å². The number of nitrogens with one attached hydrogen (secondary N) is 1. The van der Waals surface area contributed by atoms with Gasteiger partial charge < -0.3 is 0 Å². The summed E-state index contributed by atoms with van der Waals surface area (Å²) in [5, 5.41) is 4.30. The minimum atomic E-state index is -3.69. The van der Waals surface area contributed by atoms with Crippen LogP contribution in [0.15, 0.2) is 82.6 Å². The third-order valence-electron chi connectivity index (χ3n) is 4.33. The second-order valence-corrected chi connectivity index (χ2v) is 8.17. The number of pyridine rings is 1. The maximum absolute atomic E-state index is 12.6. The fourth-order valence-electron chi connectivity index (χ4n) is 2.91. The van der Waals surface area contributed by atoms with Gasteiger partial charge in [0, 0.05) is 11.9 Å². The van der Waals surface area contributed by atoms with Crippen LogP contribution < -0.4 is 10.4 Å². The van der Waals surface area contributed by atoms with Crippen molar-refractivity contribution in [3.8, 4) is 0 Å². The molecule has 0 bridgehead atoms. The van der Waals surface area contributed by atoms with Gasteiger partial charge >= 0.3 is 5.69 Å². The monoisotopic (exact) mass is 394 g/mol. The molecule has 0 aliphatic carbocycles. The molecule has 28 heavy (non-hydrogen) atoms. The summed E-state index contributed by atoms with van der Waals surface area (Å²) in [6.45, 7) is 2.13. The summed E-state index contributed by atoms with van der Waals surface area (Å²) in [6.07, 6.45) is 1.66. The maximum atomic E-state index is 12.6. The van der Waals surface area contributed by atoms with Gasteiger partial charge in [0.05, 0.1) is 11.4 Å². The number of nitrogens with zero attached hydrogens (tertiary/aromatic N) is 3. The summed E-state index contributed by atoms with van der Waals surface area (Å²) in [6, 6.07) is 18.9. The Morgan fingerprint density at radius 2 is 1.79 bits per heavy atom. The molecule has 0 aliphatic heterocycles. The number of sulfonamides is 1. The Kier molecular flexibility index (Phi) is 4.48. The fraction of sp³-hybridized carbons (Fsp3) is 0.100. The molecule has 4 aromatic rings. The number of aromatic nitrogens is 3. The van der Waals surface area contributed by atoms with Crippen LogP contribution >= 0.6 is 0 Å². The molecule has 0 radical (unpaired) electrons. The van der Waals surface area contributed by atoms with Crippen molar-refractivity contribution < 1.29 is 8.42 Å². The molecule has 4 rings (SSSR count). The molecule has 0 saturated heterocycles. The van der Waals surface area contributed by atoms with Gasteiger partial charge in [-0.3, -0.25) is 9.12 Å². The number of hydrogen-bond donors (Lipinski definition) is 1. The number of rotatable bonds is 5. The predicted molar refractivity (Wildman–Crippen MR) is 107 cm³/mol. The van der Waals surface area contributed by atoms with Crippen LogP contribution in [0.25, 0.3) is 5.65 Å². The molecule has 2 aromatic carbocycles. The van der Waals surface area contributed by atoms with E-state index in [4.69, 9.17) is 0 Å². The zero-order chi connectivity index (χ0) is 19.7. The molecule has 0 spiro atoms. The van der Waals surface area contributed by atoms with E-state index in [0.717, 1.165) is 11.1 Å². The van der Waals surface area contributed by atoms with E-state index in [1.807, 2.05) is 19.1 Å². The molecular weight excluding hydrogens is 376 g/mol. The second kappa shape index (κ2) is 6.97. The average Bonchev–Trinajstić information content (AvgIpc) is 2.98. The van der Waals surface area contributed by atoms with Gasteiger partial charge in [-0.05, 0) is 48.9 Å². The van der Waals surface area contributed by atoms with Crippen LogP contribution in [0.5, 0.6) is 0 Å². The van der Waals surface area contributed by atoms with Crippen LogP contribution in [-0.2, 0) is 16.6 Å². The second-order valence-electron chi connectivity index (χ2n) is 6.49. The summed E-state index contributed by atoms with van der Waals surface area (Å²) in [5.41, 5.74) is 2.48. The molecular formula is C20H18N4O3S. The van der Waals surface area contributed by atoms with Crippen LogP contribution in [0.4, 0.5) is 5.69 Å². The Labute approximate surface area is 161 Å². The lowest BCUT2D eigenvalue weighted by Gasteiger charge is -2.10. The first kappa shape index (κ1) is 18.0. The van der Waals surface area contributed by atoms with E-state index < -0.39 is 10.0 Å². The van der Waals surface area contributed by atoms with E-state index in [2.05, 4.69) is 9.82 Å². The van der Waals surface area contributed by atoms with Crippen molar-refractivity contribution in [2.24, 2.45) is 0 Å². The lowest BCUT2D eigenvalue weighted by atomic mass is 10.2. The first-order valence-corrected chi connectivity index (χ1v) is 10.1. The van der Waals surface area contributed by atoms with Gasteiger partial charge in [0.15, 0.2) is 5.65 Å². The van der Waals surface area contributed by atoms with Gasteiger partial charge in [0.25, 0.3) is 10.0 Å². The van der Waals surface area contributed by atoms with Gasteiger partial charge in [-0.15, -0.1) is 5.10 Å². The molecule has 0 saturated carbocycles. The zero-order valence-corrected chi connectivity index (χ0v) is 15.9. The SMILES string of the molecule is Cc1ccc(S(=O)(=O)Nc2cccc(Cn3nc4ccccn4c3=O)c2)cc1. The van der Waals surface area contributed by atoms with Crippen molar-refractivity contribution in [1.29, 1.82) is 0 Å². The first-order chi connectivity index (χ1) is 13.4. The maximum Gasteiger partial charge on any atom is 0.350 e. The van der Waals surface area contributed by atoms with Crippen LogP contribution in [0.3, 0.4) is 0 Å². The third-order valence-corrected chi connectivity index (χ3v) is 5.73. The molecule has 1 N–H and O–H groups in total. The van der Waals surface area contributed by atoms with Crippen LogP contribution in [0.2, 0.25) is 0 Å². The molecule has 0 unspecified atom stereocenters. The Balaban J connectivity index is 1.60. The summed E-state index contributed by atoms with van der Waals surface area (Å²) in [7, 11) is -3.69. The summed E-state index contributed by atoms with van der Waals surface area (Å²) >= 11 is 0. The van der Waals surface area contributed by atoms with Crippen molar-refractivity contribution in [1.82, 2.24) is 14.2 Å². The molecule has 2 aromatic heterocycles. The summed E-state index contributed by atoms with van der Waals surface area (Å²) in [4.78, 5) is 12.6. The zero-order valence-electron chi connectivity index (χ0n) is 15.1. The highest BCUT2D eigenvalue weighted by atomic mass is 32.2. The number of anilines is 1. The van der Waals surface area contributed by atoms with E-state index in [1.165, 1.54) is 9.08 Å². The number of fused-ring (bicyclic) bond motifs is 1. The van der Waals surface area contributed by atoms with Crippen molar-refractivity contribution >= 4 is 21.4 Å². The number of hydrogen-bond acceptors (Lipinski definition) is 4. The van der Waals surface area contributed by atoms with Crippen LogP contribution in [0.1, 0.15) is 11.1 Å². The largest absolute Gasteiger partial charge is 0.350 e. The molecule has 0 amide bonds. The lowest BCUT2D eigenvalue weighted by Crippen LogP contribution is -2.21. The minimum absolute atomic E-state index is 0.195. The highest BCUT2D eigenvalue weighted by molar-refractivity contribution is 7.92. The van der Waals surface area contributed by atoms with Gasteiger partial charge in [0.1, 0.15) is 0 Å². The van der Waals surface area contributed by atoms with E-state index in [-0.39, 0.29) is 17.1 Å². The molecule has 0 fully saturated rings. The normalized spacial score (nSPS) is 11.6. The molecule has 7 nitrogen and oxygen atoms in total. The Bertz CT molecular complexity index is 1310. The minimum Gasteiger partial charge on any atom is -0.280 e. The Morgan fingerprint density at radius 3 is 2.54 bits per heavy atom. The first-order valence-electron chi connectivity index (χ1n) is 8.65. The highest BCUT2D eigenvalue weighted by Gasteiger charge is 2.14. The van der Waals surface area contributed by atoms with E-state index in [9.17, 15) is 13.2 Å². The third kappa shape index (κ3) is 3.54. The molecule has 142 valence electrons. The smallest absolute Gasteiger partial charge is 0.280 e. The van der Waals surface area contributed by atoms with Gasteiger partial charge in [-0.1, -0.05) is 35.9 Å². The van der Waals surface area contributed by atoms with Crippen molar-refractivity contribution in [3.63, 3.8) is 0 Å². The van der Waals surface area contributed by atoms with E-state index in [1.54, 1.807) is 60.8 Å². The molecule has 8 heteroatoms. The average molecular weight is 394 g/mol. The Morgan fingerprint density at radius 1 is 1.00 bits per heavy atom. The van der Waals surface area contributed by atoms with Gasteiger partial charge in [-0.2, -0.15) is 0 Å². The lowest BCUT2D eigenvalue weighted by molar-refractivity contribution is 0.601. The predicted octanol–water partition coefficient (Wildman–Crippen LogP) is 2.65. The molecule has 2 heterocycles. The van der Waals surface area contributed by atoms with Gasteiger partial charge in [0.2, 0.25) is 0 Å². The van der Waals surface area contributed by atoms with Crippen molar-refractivity contribution in [3.05, 3.63) is 94.5 Å². The van der Waals surface area contributed by atoms with E-state index >= 15 is 0 Å². The fourth-order valence-corrected chi connectivity index (χ4v) is 3.96. The van der Waals surface area contributed by atoms with Crippen molar-refractivity contribution in [2.45, 2.75) is 18.4 Å². The van der Waals surface area contributed by atoms with Gasteiger partial charge in [-0.25, -0.2) is 17.9 Å². The Hall–Kier alpha value is -3.39. The van der Waals surface area contributed by atoms with E-state index in [0.29, 0.717) is 11.3 Å². The highest BCUT2D eigenvalue weighted by Crippen LogP contribution is 2.18. The van der Waals surface area contributed by atoms with Crippen LogP contribution in [0, 0.1) is 6.92 Å². The summed E-state index contributed by atoms with van der Waals surface area (Å²) in [5.74, 6) is 0. The van der Waals surface area contributed by atoms with Crippen LogP contribution in [-0.4, -0.2) is 22.6 Å². The number of aryl methyl sites for hydroxylation is 1.